The third kappa shape index (κ3) is 4.68. The van der Waals surface area contributed by atoms with E-state index in [0.717, 1.165) is 5.56 Å². The quantitative estimate of drug-likeness (QED) is 0.762. The molecule has 0 aromatic heterocycles. The van der Waals surface area contributed by atoms with Gasteiger partial charge in [-0.15, -0.1) is 0 Å². The van der Waals surface area contributed by atoms with Crippen LogP contribution in [0.15, 0.2) is 53.4 Å². The smallest absolute Gasteiger partial charge is 0.253 e. The lowest BCUT2D eigenvalue weighted by Gasteiger charge is -2.26. The molecule has 0 saturated carbocycles. The van der Waals surface area contributed by atoms with Crippen LogP contribution < -0.4 is 0 Å². The number of hydrogen-bond donors (Lipinski definition) is 0. The van der Waals surface area contributed by atoms with E-state index in [1.807, 2.05) is 18.2 Å². The molecule has 2 aromatic carbocycles. The number of sulfonamides is 1. The molecule has 6 nitrogen and oxygen atoms in total. The van der Waals surface area contributed by atoms with Gasteiger partial charge in [-0.3, -0.25) is 4.79 Å². The molecule has 1 heterocycles. The molecule has 3 rings (SSSR count). The normalized spacial score (nSPS) is 15.5. The summed E-state index contributed by atoms with van der Waals surface area (Å²) in [5.74, 6) is -0.190. The second kappa shape index (κ2) is 8.39. The average Bonchev–Trinajstić information content (AvgIpc) is 2.68. The summed E-state index contributed by atoms with van der Waals surface area (Å²) in [4.78, 5) is 14.4. The van der Waals surface area contributed by atoms with Crippen molar-refractivity contribution in [3.8, 4) is 0 Å². The van der Waals surface area contributed by atoms with Crippen LogP contribution in [-0.2, 0) is 21.3 Å². The van der Waals surface area contributed by atoms with Crippen LogP contribution in [0.4, 0.5) is 0 Å². The van der Waals surface area contributed by atoms with Crippen molar-refractivity contribution < 1.29 is 17.9 Å². The molecule has 0 spiro atoms. The molecule has 1 fully saturated rings. The van der Waals surface area contributed by atoms with E-state index in [1.54, 1.807) is 30.1 Å². The number of morpholine rings is 1. The highest BCUT2D eigenvalue weighted by Gasteiger charge is 2.26. The van der Waals surface area contributed by atoms with Crippen molar-refractivity contribution in [1.82, 2.24) is 9.21 Å². The fourth-order valence-electron chi connectivity index (χ4n) is 2.91. The van der Waals surface area contributed by atoms with Gasteiger partial charge in [0.05, 0.1) is 18.1 Å². The summed E-state index contributed by atoms with van der Waals surface area (Å²) in [7, 11) is -1.87. The summed E-state index contributed by atoms with van der Waals surface area (Å²) in [5.41, 5.74) is 1.35. The molecule has 0 atom stereocenters. The summed E-state index contributed by atoms with van der Waals surface area (Å²) in [6.07, 6.45) is 0. The molecule has 2 aromatic rings. The zero-order chi connectivity index (χ0) is 19.4. The van der Waals surface area contributed by atoms with E-state index in [9.17, 15) is 13.2 Å². The summed E-state index contributed by atoms with van der Waals surface area (Å²) in [6.45, 7) is 1.87. The van der Waals surface area contributed by atoms with Crippen LogP contribution in [0.5, 0.6) is 0 Å². The molecule has 0 aliphatic carbocycles. The highest BCUT2D eigenvalue weighted by molar-refractivity contribution is 7.89. The molecule has 0 radical (unpaired) electrons. The SMILES string of the molecule is CN(Cc1cccc(Cl)c1)C(=O)c1ccc(S(=O)(=O)N2CCOCC2)cc1. The van der Waals surface area contributed by atoms with Gasteiger partial charge in [0.25, 0.3) is 5.91 Å². The maximum atomic E-state index is 12.6. The van der Waals surface area contributed by atoms with Crippen LogP contribution in [0.25, 0.3) is 0 Å². The maximum Gasteiger partial charge on any atom is 0.253 e. The van der Waals surface area contributed by atoms with Crippen molar-refractivity contribution >= 4 is 27.5 Å². The number of ether oxygens (including phenoxy) is 1. The van der Waals surface area contributed by atoms with Gasteiger partial charge in [-0.1, -0.05) is 23.7 Å². The highest BCUT2D eigenvalue weighted by Crippen LogP contribution is 2.19. The zero-order valence-corrected chi connectivity index (χ0v) is 16.5. The Morgan fingerprint density at radius 1 is 1.15 bits per heavy atom. The Kier molecular flexibility index (Phi) is 6.16. The van der Waals surface area contributed by atoms with Gasteiger partial charge in [-0.2, -0.15) is 4.31 Å². The van der Waals surface area contributed by atoms with Gasteiger partial charge in [0.2, 0.25) is 10.0 Å². The lowest BCUT2D eigenvalue weighted by atomic mass is 10.1. The highest BCUT2D eigenvalue weighted by atomic mass is 35.5. The van der Waals surface area contributed by atoms with Crippen molar-refractivity contribution in [1.29, 1.82) is 0 Å². The molecule has 1 aliphatic rings. The van der Waals surface area contributed by atoms with E-state index in [1.165, 1.54) is 16.4 Å². The number of hydrogen-bond acceptors (Lipinski definition) is 4. The van der Waals surface area contributed by atoms with E-state index in [0.29, 0.717) is 43.4 Å². The Morgan fingerprint density at radius 2 is 1.81 bits per heavy atom. The number of benzene rings is 2. The van der Waals surface area contributed by atoms with Gasteiger partial charge in [-0.25, -0.2) is 8.42 Å². The third-order valence-corrected chi connectivity index (χ3v) is 6.51. The van der Waals surface area contributed by atoms with Crippen LogP contribution >= 0.6 is 11.6 Å². The molecule has 0 N–H and O–H groups in total. The van der Waals surface area contributed by atoms with Crippen molar-refractivity contribution in [2.45, 2.75) is 11.4 Å². The number of rotatable bonds is 5. The predicted octanol–water partition coefficient (Wildman–Crippen LogP) is 2.63. The standard InChI is InChI=1S/C19H21ClN2O4S/c1-21(14-15-3-2-4-17(20)13-15)19(23)16-5-7-18(8-6-16)27(24,25)22-9-11-26-12-10-22/h2-8,13H,9-12,14H2,1H3. The molecule has 0 bridgehead atoms. The second-order valence-corrected chi connectivity index (χ2v) is 8.71. The topological polar surface area (TPSA) is 66.9 Å². The minimum Gasteiger partial charge on any atom is -0.379 e. The summed E-state index contributed by atoms with van der Waals surface area (Å²) < 4.78 is 31.9. The van der Waals surface area contributed by atoms with E-state index in [2.05, 4.69) is 0 Å². The lowest BCUT2D eigenvalue weighted by molar-refractivity contribution is 0.0730. The Bertz CT molecular complexity index is 910. The van der Waals surface area contributed by atoms with Crippen LogP contribution in [0.1, 0.15) is 15.9 Å². The van der Waals surface area contributed by atoms with Gasteiger partial charge < -0.3 is 9.64 Å². The minimum atomic E-state index is -3.56. The van der Waals surface area contributed by atoms with Gasteiger partial charge in [-0.05, 0) is 42.0 Å². The van der Waals surface area contributed by atoms with Crippen molar-refractivity contribution in [3.63, 3.8) is 0 Å². The molecule has 8 heteroatoms. The number of halogens is 1. The number of carbonyl (C=O) groups is 1. The minimum absolute atomic E-state index is 0.179. The van der Waals surface area contributed by atoms with Gasteiger partial charge in [0, 0.05) is 37.3 Å². The predicted molar refractivity (Wildman–Crippen MR) is 103 cm³/mol. The zero-order valence-electron chi connectivity index (χ0n) is 15.0. The molecular weight excluding hydrogens is 388 g/mol. The van der Waals surface area contributed by atoms with Crippen LogP contribution in [0, 0.1) is 0 Å². The molecule has 144 valence electrons. The van der Waals surface area contributed by atoms with Crippen LogP contribution in [0.2, 0.25) is 5.02 Å². The summed E-state index contributed by atoms with van der Waals surface area (Å²) >= 11 is 5.98. The first kappa shape index (κ1) is 19.8. The molecule has 1 aliphatic heterocycles. The second-order valence-electron chi connectivity index (χ2n) is 6.33. The Morgan fingerprint density at radius 3 is 2.44 bits per heavy atom. The first-order chi connectivity index (χ1) is 12.9. The molecular formula is C19H21ClN2O4S. The van der Waals surface area contributed by atoms with E-state index in [-0.39, 0.29) is 10.8 Å². The van der Waals surface area contributed by atoms with Crippen molar-refractivity contribution in [2.75, 3.05) is 33.4 Å². The first-order valence-electron chi connectivity index (χ1n) is 8.56. The Balaban J connectivity index is 1.71. The largest absolute Gasteiger partial charge is 0.379 e. The molecule has 1 amide bonds. The summed E-state index contributed by atoms with van der Waals surface area (Å²) in [6, 6.07) is 13.4. The van der Waals surface area contributed by atoms with Crippen LogP contribution in [-0.4, -0.2) is 56.9 Å². The van der Waals surface area contributed by atoms with Crippen molar-refractivity contribution in [3.05, 3.63) is 64.7 Å². The van der Waals surface area contributed by atoms with Gasteiger partial charge >= 0.3 is 0 Å². The molecule has 27 heavy (non-hydrogen) atoms. The van der Waals surface area contributed by atoms with E-state index in [4.69, 9.17) is 16.3 Å². The Hall–Kier alpha value is -1.93. The fourth-order valence-corrected chi connectivity index (χ4v) is 4.53. The number of amides is 1. The monoisotopic (exact) mass is 408 g/mol. The summed E-state index contributed by atoms with van der Waals surface area (Å²) in [5, 5.41) is 0.617. The average molecular weight is 409 g/mol. The first-order valence-corrected chi connectivity index (χ1v) is 10.4. The fraction of sp³-hybridized carbons (Fsp3) is 0.316. The van der Waals surface area contributed by atoms with E-state index < -0.39 is 10.0 Å². The van der Waals surface area contributed by atoms with Crippen LogP contribution in [0.3, 0.4) is 0 Å². The third-order valence-electron chi connectivity index (χ3n) is 4.36. The van der Waals surface area contributed by atoms with E-state index >= 15 is 0 Å². The maximum absolute atomic E-state index is 12.6. The molecule has 0 unspecified atom stereocenters. The Labute approximate surface area is 164 Å². The lowest BCUT2D eigenvalue weighted by Crippen LogP contribution is -2.40. The van der Waals surface area contributed by atoms with Crippen molar-refractivity contribution in [2.24, 2.45) is 0 Å². The number of carbonyl (C=O) groups excluding carboxylic acids is 1. The van der Waals surface area contributed by atoms with Gasteiger partial charge in [0.1, 0.15) is 0 Å². The number of nitrogens with zero attached hydrogens (tertiary/aromatic N) is 2. The molecule has 1 saturated heterocycles. The van der Waals surface area contributed by atoms with Gasteiger partial charge in [0.15, 0.2) is 0 Å².